The lowest BCUT2D eigenvalue weighted by atomic mass is 10.1. The van der Waals surface area contributed by atoms with Crippen LogP contribution in [0.5, 0.6) is 11.5 Å². The third-order valence-electron chi connectivity index (χ3n) is 4.81. The average molecular weight is 385 g/mol. The predicted molar refractivity (Wildman–Crippen MR) is 116 cm³/mol. The molecule has 1 amide bonds. The minimum atomic E-state index is -0.589. The molecule has 4 heteroatoms. The Morgan fingerprint density at radius 3 is 2.45 bits per heavy atom. The van der Waals surface area contributed by atoms with Gasteiger partial charge in [-0.25, -0.2) is 0 Å². The third kappa shape index (κ3) is 4.49. The van der Waals surface area contributed by atoms with E-state index in [-0.39, 0.29) is 5.91 Å². The summed E-state index contributed by atoms with van der Waals surface area (Å²) in [5.41, 5.74) is 0. The summed E-state index contributed by atoms with van der Waals surface area (Å²) in [5.74, 6) is 1.33. The monoisotopic (exact) mass is 385 g/mol. The summed E-state index contributed by atoms with van der Waals surface area (Å²) in [5, 5.41) is 7.29. The Hall–Kier alpha value is -3.53. The first-order valence-electron chi connectivity index (χ1n) is 9.74. The van der Waals surface area contributed by atoms with E-state index in [9.17, 15) is 4.79 Å². The lowest BCUT2D eigenvalue weighted by Gasteiger charge is -2.15. The molecular formula is C25H23NO3. The summed E-state index contributed by atoms with van der Waals surface area (Å²) < 4.78 is 11.7. The van der Waals surface area contributed by atoms with Gasteiger partial charge in [-0.2, -0.15) is 0 Å². The first kappa shape index (κ1) is 18.8. The largest absolute Gasteiger partial charge is 0.491 e. The van der Waals surface area contributed by atoms with E-state index >= 15 is 0 Å². The Labute approximate surface area is 170 Å². The smallest absolute Gasteiger partial charge is 0.260 e. The normalized spacial score (nSPS) is 11.9. The summed E-state index contributed by atoms with van der Waals surface area (Å²) in [4.78, 5) is 12.3. The minimum Gasteiger partial charge on any atom is -0.491 e. The van der Waals surface area contributed by atoms with Gasteiger partial charge < -0.3 is 14.8 Å². The highest BCUT2D eigenvalue weighted by atomic mass is 16.5. The fourth-order valence-electron chi connectivity index (χ4n) is 3.30. The zero-order valence-corrected chi connectivity index (χ0v) is 16.3. The number of carbonyl (C=O) groups is 1. The molecule has 0 saturated heterocycles. The van der Waals surface area contributed by atoms with Crippen molar-refractivity contribution in [1.82, 2.24) is 5.32 Å². The Morgan fingerprint density at radius 2 is 1.59 bits per heavy atom. The van der Waals surface area contributed by atoms with E-state index in [0.29, 0.717) is 18.9 Å². The van der Waals surface area contributed by atoms with Gasteiger partial charge >= 0.3 is 0 Å². The molecule has 4 rings (SSSR count). The summed E-state index contributed by atoms with van der Waals surface area (Å²) in [6, 6.07) is 27.9. The van der Waals surface area contributed by atoms with Crippen LogP contribution in [0.15, 0.2) is 84.9 Å². The van der Waals surface area contributed by atoms with Crippen molar-refractivity contribution in [1.29, 1.82) is 0 Å². The highest BCUT2D eigenvalue weighted by Crippen LogP contribution is 2.25. The average Bonchev–Trinajstić information content (AvgIpc) is 2.76. The van der Waals surface area contributed by atoms with Gasteiger partial charge in [-0.05, 0) is 41.3 Å². The Kier molecular flexibility index (Phi) is 5.61. The fraction of sp³-hybridized carbons (Fsp3) is 0.160. The van der Waals surface area contributed by atoms with Crippen LogP contribution in [-0.2, 0) is 4.79 Å². The predicted octanol–water partition coefficient (Wildman–Crippen LogP) is 4.96. The molecule has 1 N–H and O–H groups in total. The standard InChI is InChI=1S/C25H23NO3/c1-18(29-22-14-13-19-7-2-3-9-21(19)17-22)25(27)26-15-16-28-24-12-6-10-20-8-4-5-11-23(20)24/h2-14,17-18H,15-16H2,1H3,(H,26,27)/t18-/m1/s1. The molecule has 146 valence electrons. The van der Waals surface area contributed by atoms with Crippen molar-refractivity contribution in [2.45, 2.75) is 13.0 Å². The second-order valence-corrected chi connectivity index (χ2v) is 6.89. The molecule has 0 fully saturated rings. The molecule has 0 radical (unpaired) electrons. The van der Waals surface area contributed by atoms with E-state index in [1.54, 1.807) is 6.92 Å². The number of hydrogen-bond donors (Lipinski definition) is 1. The van der Waals surface area contributed by atoms with Crippen LogP contribution in [0, 0.1) is 0 Å². The van der Waals surface area contributed by atoms with Crippen molar-refractivity contribution in [2.75, 3.05) is 13.2 Å². The van der Waals surface area contributed by atoms with Crippen molar-refractivity contribution in [3.8, 4) is 11.5 Å². The van der Waals surface area contributed by atoms with Gasteiger partial charge in [0.25, 0.3) is 5.91 Å². The fourth-order valence-corrected chi connectivity index (χ4v) is 3.30. The number of carbonyl (C=O) groups excluding carboxylic acids is 1. The number of nitrogens with one attached hydrogen (secondary N) is 1. The SMILES string of the molecule is C[C@@H](Oc1ccc2ccccc2c1)C(=O)NCCOc1cccc2ccccc12. The maximum Gasteiger partial charge on any atom is 0.260 e. The highest BCUT2D eigenvalue weighted by molar-refractivity contribution is 5.88. The minimum absolute atomic E-state index is 0.167. The van der Waals surface area contributed by atoms with E-state index in [4.69, 9.17) is 9.47 Å². The van der Waals surface area contributed by atoms with Crippen LogP contribution in [0.4, 0.5) is 0 Å². The molecule has 0 unspecified atom stereocenters. The zero-order chi connectivity index (χ0) is 20.1. The number of fused-ring (bicyclic) bond motifs is 2. The molecular weight excluding hydrogens is 362 g/mol. The lowest BCUT2D eigenvalue weighted by Crippen LogP contribution is -2.38. The molecule has 0 aliphatic heterocycles. The van der Waals surface area contributed by atoms with Gasteiger partial charge in [-0.3, -0.25) is 4.79 Å². The zero-order valence-electron chi connectivity index (χ0n) is 16.3. The molecule has 4 nitrogen and oxygen atoms in total. The summed E-state index contributed by atoms with van der Waals surface area (Å²) >= 11 is 0. The Balaban J connectivity index is 1.28. The first-order chi connectivity index (χ1) is 14.2. The first-order valence-corrected chi connectivity index (χ1v) is 9.74. The molecule has 0 spiro atoms. The van der Waals surface area contributed by atoms with Crippen molar-refractivity contribution >= 4 is 27.5 Å². The summed E-state index contributed by atoms with van der Waals surface area (Å²) in [7, 11) is 0. The maximum atomic E-state index is 12.3. The molecule has 0 aliphatic rings. The number of amides is 1. The van der Waals surface area contributed by atoms with E-state index in [0.717, 1.165) is 27.3 Å². The highest BCUT2D eigenvalue weighted by Gasteiger charge is 2.14. The second kappa shape index (κ2) is 8.65. The number of hydrogen-bond acceptors (Lipinski definition) is 3. The van der Waals surface area contributed by atoms with Gasteiger partial charge in [-0.1, -0.05) is 66.7 Å². The Morgan fingerprint density at radius 1 is 0.862 bits per heavy atom. The molecule has 4 aromatic rings. The van der Waals surface area contributed by atoms with Crippen LogP contribution in [0.1, 0.15) is 6.92 Å². The van der Waals surface area contributed by atoms with Crippen molar-refractivity contribution in [2.24, 2.45) is 0 Å². The lowest BCUT2D eigenvalue weighted by molar-refractivity contribution is -0.127. The second-order valence-electron chi connectivity index (χ2n) is 6.89. The summed E-state index contributed by atoms with van der Waals surface area (Å²) in [6.07, 6.45) is -0.589. The van der Waals surface area contributed by atoms with Gasteiger partial charge in [0.2, 0.25) is 0 Å². The van der Waals surface area contributed by atoms with Crippen molar-refractivity contribution < 1.29 is 14.3 Å². The van der Waals surface area contributed by atoms with Gasteiger partial charge in [0.15, 0.2) is 6.10 Å². The van der Waals surface area contributed by atoms with Gasteiger partial charge in [0.05, 0.1) is 6.54 Å². The van der Waals surface area contributed by atoms with Crippen LogP contribution < -0.4 is 14.8 Å². The molecule has 0 heterocycles. The maximum absolute atomic E-state index is 12.3. The van der Waals surface area contributed by atoms with E-state index in [1.165, 1.54) is 0 Å². The Bertz CT molecular complexity index is 1130. The van der Waals surface area contributed by atoms with Crippen LogP contribution >= 0.6 is 0 Å². The van der Waals surface area contributed by atoms with Crippen LogP contribution in [0.2, 0.25) is 0 Å². The third-order valence-corrected chi connectivity index (χ3v) is 4.81. The van der Waals surface area contributed by atoms with Crippen LogP contribution in [0.25, 0.3) is 21.5 Å². The molecule has 4 aromatic carbocycles. The van der Waals surface area contributed by atoms with E-state index in [2.05, 4.69) is 17.4 Å². The van der Waals surface area contributed by atoms with Crippen molar-refractivity contribution in [3.05, 3.63) is 84.9 Å². The topological polar surface area (TPSA) is 47.6 Å². The molecule has 0 saturated carbocycles. The molecule has 0 bridgehead atoms. The van der Waals surface area contributed by atoms with Crippen LogP contribution in [-0.4, -0.2) is 25.2 Å². The quantitative estimate of drug-likeness (QED) is 0.458. The molecule has 1 atom stereocenters. The van der Waals surface area contributed by atoms with E-state index in [1.807, 2.05) is 72.8 Å². The number of ether oxygens (including phenoxy) is 2. The van der Waals surface area contributed by atoms with Crippen molar-refractivity contribution in [3.63, 3.8) is 0 Å². The number of rotatable bonds is 7. The van der Waals surface area contributed by atoms with Crippen LogP contribution in [0.3, 0.4) is 0 Å². The molecule has 0 aliphatic carbocycles. The van der Waals surface area contributed by atoms with E-state index < -0.39 is 6.10 Å². The molecule has 29 heavy (non-hydrogen) atoms. The summed E-state index contributed by atoms with van der Waals surface area (Å²) in [6.45, 7) is 2.55. The number of benzene rings is 4. The van der Waals surface area contributed by atoms with Gasteiger partial charge in [-0.15, -0.1) is 0 Å². The molecule has 0 aromatic heterocycles. The van der Waals surface area contributed by atoms with Gasteiger partial charge in [0, 0.05) is 5.39 Å². The van der Waals surface area contributed by atoms with Gasteiger partial charge in [0.1, 0.15) is 18.1 Å².